The molecule has 0 amide bonds. The second kappa shape index (κ2) is 13.0. The second-order valence-electron chi connectivity index (χ2n) is 9.50. The van der Waals surface area contributed by atoms with Gasteiger partial charge in [0.15, 0.2) is 11.6 Å². The van der Waals surface area contributed by atoms with Crippen LogP contribution >= 0.6 is 0 Å². The maximum absolute atomic E-state index is 14.1. The number of imidazole rings is 1. The number of morpholine rings is 1. The fourth-order valence-electron chi connectivity index (χ4n) is 4.18. The number of hydrogen-bond acceptors (Lipinski definition) is 10. The summed E-state index contributed by atoms with van der Waals surface area (Å²) in [6, 6.07) is 7.02. The Morgan fingerprint density at radius 3 is 2.57 bits per heavy atom. The van der Waals surface area contributed by atoms with Gasteiger partial charge < -0.3 is 19.9 Å². The van der Waals surface area contributed by atoms with Crippen molar-refractivity contribution in [1.82, 2.24) is 29.4 Å². The van der Waals surface area contributed by atoms with Gasteiger partial charge >= 0.3 is 6.18 Å². The predicted octanol–water partition coefficient (Wildman–Crippen LogP) is 5.30. The molecule has 1 fully saturated rings. The normalized spacial score (nSPS) is 14.4. The Hall–Kier alpha value is -4.50. The van der Waals surface area contributed by atoms with Gasteiger partial charge in [-0.25, -0.2) is 14.4 Å². The van der Waals surface area contributed by atoms with Crippen molar-refractivity contribution in [3.05, 3.63) is 78.0 Å². The van der Waals surface area contributed by atoms with Crippen LogP contribution in [0.4, 0.5) is 40.7 Å². The number of ether oxygens (including phenoxy) is 1. The van der Waals surface area contributed by atoms with Gasteiger partial charge in [-0.05, 0) is 37.3 Å². The van der Waals surface area contributed by atoms with Crippen LogP contribution in [0.5, 0.6) is 0 Å². The van der Waals surface area contributed by atoms with Gasteiger partial charge in [-0.15, -0.1) is 5.11 Å². The molecule has 1 aliphatic rings. The van der Waals surface area contributed by atoms with E-state index in [-0.39, 0.29) is 24.0 Å². The summed E-state index contributed by atoms with van der Waals surface area (Å²) >= 11 is 0. The zero-order valence-corrected chi connectivity index (χ0v) is 22.6. The largest absolute Gasteiger partial charge is 0.416 e. The van der Waals surface area contributed by atoms with Crippen molar-refractivity contribution in [3.63, 3.8) is 0 Å². The van der Waals surface area contributed by atoms with E-state index in [0.717, 1.165) is 38.0 Å². The second-order valence-corrected chi connectivity index (χ2v) is 9.50. The van der Waals surface area contributed by atoms with Crippen LogP contribution in [0.25, 0.3) is 5.69 Å². The third-order valence-corrected chi connectivity index (χ3v) is 6.32. The van der Waals surface area contributed by atoms with E-state index in [1.165, 1.54) is 17.1 Å². The lowest BCUT2D eigenvalue weighted by Crippen LogP contribution is -2.39. The summed E-state index contributed by atoms with van der Waals surface area (Å²) in [6.07, 6.45) is 1.09. The highest BCUT2D eigenvalue weighted by molar-refractivity contribution is 5.63. The lowest BCUT2D eigenvalue weighted by atomic mass is 10.1. The fraction of sp³-hybridized carbons (Fsp3) is 0.333. The molecule has 220 valence electrons. The number of hydrogen-bond donors (Lipinski definition) is 2. The van der Waals surface area contributed by atoms with Crippen molar-refractivity contribution in [2.75, 3.05) is 50.0 Å². The van der Waals surface area contributed by atoms with Crippen molar-refractivity contribution >= 4 is 23.1 Å². The Kier molecular flexibility index (Phi) is 8.97. The van der Waals surface area contributed by atoms with E-state index >= 15 is 0 Å². The molecule has 0 spiro atoms. The molecule has 2 N–H and O–H groups in total. The van der Waals surface area contributed by atoms with Gasteiger partial charge in [0.2, 0.25) is 0 Å². The molecule has 1 aromatic carbocycles. The summed E-state index contributed by atoms with van der Waals surface area (Å²) in [5.74, 6) is -0.549. The van der Waals surface area contributed by atoms with Gasteiger partial charge in [0.05, 0.1) is 54.6 Å². The smallest absolute Gasteiger partial charge is 0.379 e. The van der Waals surface area contributed by atoms with Crippen molar-refractivity contribution in [3.8, 4) is 5.69 Å². The van der Waals surface area contributed by atoms with E-state index < -0.39 is 17.6 Å². The molecule has 0 unspecified atom stereocenters. The highest BCUT2D eigenvalue weighted by Crippen LogP contribution is 2.34. The highest BCUT2D eigenvalue weighted by Gasteiger charge is 2.31. The minimum absolute atomic E-state index is 0.00278. The molecule has 3 aromatic heterocycles. The van der Waals surface area contributed by atoms with Crippen LogP contribution in [0.15, 0.2) is 65.5 Å². The first kappa shape index (κ1) is 29.0. The molecule has 0 atom stereocenters. The maximum Gasteiger partial charge on any atom is 0.416 e. The molecule has 1 aliphatic heterocycles. The van der Waals surface area contributed by atoms with Crippen LogP contribution in [-0.4, -0.2) is 68.8 Å². The lowest BCUT2D eigenvalue weighted by molar-refractivity contribution is -0.137. The van der Waals surface area contributed by atoms with Crippen LogP contribution in [0.2, 0.25) is 0 Å². The standard InChI is InChI=1S/C27H28F4N10O/c1-18-16-41(17-35-18)23-11-19(27(29,30)31)10-22(12-23)37-21-3-2-20(33-13-21)14-36-39-26-34-15-24(28)25(38-26)32-4-5-40-6-8-42-9-7-40/h2-3,10-13,15-17,37H,4-9,14H2,1H3,(H,32,34,38). The number of benzene rings is 1. The summed E-state index contributed by atoms with van der Waals surface area (Å²) < 4.78 is 61.6. The molecule has 0 saturated carbocycles. The van der Waals surface area contributed by atoms with Gasteiger partial charge in [-0.2, -0.15) is 23.3 Å². The molecule has 5 rings (SSSR count). The van der Waals surface area contributed by atoms with Crippen molar-refractivity contribution in [2.45, 2.75) is 19.6 Å². The number of rotatable bonds is 10. The molecule has 1 saturated heterocycles. The summed E-state index contributed by atoms with van der Waals surface area (Å²) in [5, 5.41) is 13.9. The first-order valence-corrected chi connectivity index (χ1v) is 13.1. The van der Waals surface area contributed by atoms with Gasteiger partial charge in [-0.3, -0.25) is 9.88 Å². The van der Waals surface area contributed by atoms with Crippen molar-refractivity contribution in [1.29, 1.82) is 0 Å². The Balaban J connectivity index is 1.19. The Morgan fingerprint density at radius 2 is 1.86 bits per heavy atom. The van der Waals surface area contributed by atoms with E-state index in [9.17, 15) is 17.6 Å². The SMILES string of the molecule is Cc1cn(-c2cc(Nc3ccc(CN=Nc4ncc(F)c(NCCN5CCOCC5)n4)nc3)cc(C(F)(F)F)c2)cn1. The Labute approximate surface area is 238 Å². The van der Waals surface area contributed by atoms with E-state index in [1.807, 2.05) is 0 Å². The first-order valence-electron chi connectivity index (χ1n) is 13.1. The minimum Gasteiger partial charge on any atom is -0.379 e. The fourth-order valence-corrected chi connectivity index (χ4v) is 4.18. The molecule has 0 bridgehead atoms. The van der Waals surface area contributed by atoms with Crippen LogP contribution in [0.3, 0.4) is 0 Å². The average molecular weight is 585 g/mol. The number of anilines is 3. The van der Waals surface area contributed by atoms with E-state index in [1.54, 1.807) is 31.3 Å². The molecule has 0 radical (unpaired) electrons. The number of alkyl halides is 3. The number of azo groups is 1. The third-order valence-electron chi connectivity index (χ3n) is 6.32. The molecular formula is C27H28F4N10O. The van der Waals surface area contributed by atoms with Gasteiger partial charge in [0.25, 0.3) is 5.95 Å². The number of aryl methyl sites for hydroxylation is 1. The zero-order chi connectivity index (χ0) is 29.5. The average Bonchev–Trinajstić information content (AvgIpc) is 3.42. The maximum atomic E-state index is 14.1. The van der Waals surface area contributed by atoms with E-state index in [0.29, 0.717) is 42.5 Å². The topological polar surface area (TPSA) is 118 Å². The summed E-state index contributed by atoms with van der Waals surface area (Å²) in [5.41, 5.74) is 1.48. The molecule has 4 aromatic rings. The Bertz CT molecular complexity index is 1520. The monoisotopic (exact) mass is 584 g/mol. The first-order chi connectivity index (χ1) is 20.2. The highest BCUT2D eigenvalue weighted by atomic mass is 19.4. The molecule has 11 nitrogen and oxygen atoms in total. The van der Waals surface area contributed by atoms with Crippen molar-refractivity contribution < 1.29 is 22.3 Å². The summed E-state index contributed by atoms with van der Waals surface area (Å²) in [6.45, 7) is 6.10. The zero-order valence-electron chi connectivity index (χ0n) is 22.6. The van der Waals surface area contributed by atoms with E-state index in [4.69, 9.17) is 4.74 Å². The quantitative estimate of drug-likeness (QED) is 0.191. The molecule has 42 heavy (non-hydrogen) atoms. The number of nitrogens with zero attached hydrogens (tertiary/aromatic N) is 8. The predicted molar refractivity (Wildman–Crippen MR) is 147 cm³/mol. The lowest BCUT2D eigenvalue weighted by Gasteiger charge is -2.26. The van der Waals surface area contributed by atoms with Gasteiger partial charge in [0.1, 0.15) is 6.54 Å². The van der Waals surface area contributed by atoms with Crippen LogP contribution in [0, 0.1) is 12.7 Å². The molecular weight excluding hydrogens is 556 g/mol. The van der Waals surface area contributed by atoms with Crippen molar-refractivity contribution in [2.24, 2.45) is 10.2 Å². The van der Waals surface area contributed by atoms with Gasteiger partial charge in [0, 0.05) is 43.8 Å². The number of halogens is 4. The Morgan fingerprint density at radius 1 is 1.02 bits per heavy atom. The number of nitrogens with one attached hydrogen (secondary N) is 2. The number of aromatic nitrogens is 5. The van der Waals surface area contributed by atoms with Crippen LogP contribution in [-0.2, 0) is 17.5 Å². The summed E-state index contributed by atoms with van der Waals surface area (Å²) in [4.78, 5) is 18.5. The van der Waals surface area contributed by atoms with E-state index in [2.05, 4.69) is 45.7 Å². The minimum atomic E-state index is -4.52. The molecule has 0 aliphatic carbocycles. The van der Waals surface area contributed by atoms with Crippen LogP contribution < -0.4 is 10.6 Å². The number of pyridine rings is 1. The third kappa shape index (κ3) is 7.82. The van der Waals surface area contributed by atoms with Gasteiger partial charge in [-0.1, -0.05) is 0 Å². The molecule has 4 heterocycles. The summed E-state index contributed by atoms with van der Waals surface area (Å²) in [7, 11) is 0. The molecule has 15 heteroatoms. The van der Waals surface area contributed by atoms with Crippen LogP contribution in [0.1, 0.15) is 17.0 Å².